The van der Waals surface area contributed by atoms with E-state index in [1.165, 1.54) is 5.37 Å². The van der Waals surface area contributed by atoms with E-state index in [0.29, 0.717) is 0 Å². The molecule has 0 aliphatic carbocycles. The zero-order valence-electron chi connectivity index (χ0n) is 8.77. The van der Waals surface area contributed by atoms with Crippen molar-refractivity contribution >= 4 is 23.3 Å². The molecule has 0 radical (unpaired) electrons. The van der Waals surface area contributed by atoms with Crippen molar-refractivity contribution in [3.63, 3.8) is 0 Å². The molecule has 0 saturated heterocycles. The van der Waals surface area contributed by atoms with Crippen molar-refractivity contribution in [1.82, 2.24) is 0 Å². The Hall–Kier alpha value is -1.53. The highest BCUT2D eigenvalue weighted by atomic mass is 32.1. The topological polar surface area (TPSA) is 36.1 Å². The van der Waals surface area contributed by atoms with Gasteiger partial charge in [-0.25, -0.2) is 0 Å². The number of hydrogen-bond acceptors (Lipinski definition) is 3. The van der Waals surface area contributed by atoms with Crippen LogP contribution in [0.15, 0.2) is 29.3 Å². The van der Waals surface area contributed by atoms with Gasteiger partial charge in [-0.05, 0) is 12.5 Å². The van der Waals surface area contributed by atoms with Gasteiger partial charge < -0.3 is 0 Å². The molecule has 0 N–H and O–H groups in total. The summed E-state index contributed by atoms with van der Waals surface area (Å²) in [6.07, 6.45) is 0. The summed E-state index contributed by atoms with van der Waals surface area (Å²) in [7, 11) is 1.68. The molecular formula is C12H12N2S. The summed E-state index contributed by atoms with van der Waals surface area (Å²) in [5.74, 6) is -0.410. The molecule has 0 saturated carbocycles. The van der Waals surface area contributed by atoms with E-state index in [-0.39, 0.29) is 0 Å². The zero-order chi connectivity index (χ0) is 11.3. The Morgan fingerprint density at radius 3 is 2.80 bits per heavy atom. The molecule has 3 heteroatoms. The number of benzene rings is 1. The average molecular weight is 216 g/mol. The van der Waals surface area contributed by atoms with Crippen molar-refractivity contribution in [3.8, 4) is 6.07 Å². The van der Waals surface area contributed by atoms with Gasteiger partial charge in [-0.1, -0.05) is 42.0 Å². The third-order valence-electron chi connectivity index (χ3n) is 2.12. The van der Waals surface area contributed by atoms with E-state index in [4.69, 9.17) is 17.5 Å². The van der Waals surface area contributed by atoms with Gasteiger partial charge in [0.15, 0.2) is 0 Å². The first kappa shape index (κ1) is 11.5. The minimum atomic E-state index is -0.410. The van der Waals surface area contributed by atoms with Gasteiger partial charge in [0.05, 0.1) is 11.8 Å². The van der Waals surface area contributed by atoms with Gasteiger partial charge in [-0.2, -0.15) is 5.26 Å². The molecule has 1 atom stereocenters. The molecule has 1 unspecified atom stereocenters. The molecule has 0 aliphatic heterocycles. The Kier molecular flexibility index (Phi) is 4.14. The van der Waals surface area contributed by atoms with Crippen LogP contribution < -0.4 is 0 Å². The number of aryl methyl sites for hydroxylation is 1. The molecule has 0 aliphatic rings. The Morgan fingerprint density at radius 1 is 1.60 bits per heavy atom. The second-order valence-corrected chi connectivity index (χ2v) is 3.49. The summed E-state index contributed by atoms with van der Waals surface area (Å²) in [6, 6.07) is 10.0. The minimum Gasteiger partial charge on any atom is -0.291 e. The lowest BCUT2D eigenvalue weighted by molar-refractivity contribution is 1.22. The fraction of sp³-hybridized carbons (Fsp3) is 0.250. The van der Waals surface area contributed by atoms with E-state index in [9.17, 15) is 0 Å². The molecule has 0 bridgehead atoms. The standard InChI is InChI=1S/C12H12N2S/c1-9-4-3-5-10(6-9)12(14-2)11(7-13)8-15/h3-6,8,11H,1-2H3. The quantitative estimate of drug-likeness (QED) is 0.575. The first-order chi connectivity index (χ1) is 7.22. The van der Waals surface area contributed by atoms with Gasteiger partial charge in [-0.15, -0.1) is 0 Å². The second-order valence-electron chi connectivity index (χ2n) is 3.22. The van der Waals surface area contributed by atoms with Crippen molar-refractivity contribution in [3.05, 3.63) is 35.4 Å². The molecule has 2 nitrogen and oxygen atoms in total. The summed E-state index contributed by atoms with van der Waals surface area (Å²) in [6.45, 7) is 2.01. The summed E-state index contributed by atoms with van der Waals surface area (Å²) in [4.78, 5) is 4.14. The first-order valence-corrected chi connectivity index (χ1v) is 5.08. The lowest BCUT2D eigenvalue weighted by Crippen LogP contribution is -2.14. The first-order valence-electron chi connectivity index (χ1n) is 4.61. The van der Waals surface area contributed by atoms with Gasteiger partial charge in [0.25, 0.3) is 0 Å². The van der Waals surface area contributed by atoms with Crippen molar-refractivity contribution in [1.29, 1.82) is 5.26 Å². The fourth-order valence-corrected chi connectivity index (χ4v) is 1.60. The predicted molar refractivity (Wildman–Crippen MR) is 66.4 cm³/mol. The highest BCUT2D eigenvalue weighted by molar-refractivity contribution is 7.79. The van der Waals surface area contributed by atoms with E-state index >= 15 is 0 Å². The molecule has 0 aromatic heterocycles. The molecule has 1 aromatic carbocycles. The molecule has 1 aromatic rings. The summed E-state index contributed by atoms with van der Waals surface area (Å²) in [5.41, 5.74) is 2.84. The molecule has 1 rings (SSSR count). The van der Waals surface area contributed by atoms with Crippen molar-refractivity contribution in [2.24, 2.45) is 10.9 Å². The third-order valence-corrected chi connectivity index (χ3v) is 2.40. The average Bonchev–Trinajstić information content (AvgIpc) is 2.25. The Labute approximate surface area is 95.3 Å². The van der Waals surface area contributed by atoms with Crippen LogP contribution in [0.4, 0.5) is 0 Å². The lowest BCUT2D eigenvalue weighted by atomic mass is 9.98. The van der Waals surface area contributed by atoms with Gasteiger partial charge >= 0.3 is 0 Å². The molecule has 0 amide bonds. The molecule has 0 spiro atoms. The van der Waals surface area contributed by atoms with Crippen LogP contribution in [0.2, 0.25) is 0 Å². The van der Waals surface area contributed by atoms with E-state index in [2.05, 4.69) is 11.1 Å². The van der Waals surface area contributed by atoms with Crippen LogP contribution in [-0.2, 0) is 0 Å². The van der Waals surface area contributed by atoms with Crippen LogP contribution in [0, 0.1) is 24.2 Å². The van der Waals surface area contributed by atoms with Crippen LogP contribution in [0.25, 0.3) is 0 Å². The van der Waals surface area contributed by atoms with Crippen LogP contribution in [0.5, 0.6) is 0 Å². The second kappa shape index (κ2) is 5.38. The zero-order valence-corrected chi connectivity index (χ0v) is 9.58. The predicted octanol–water partition coefficient (Wildman–Crippen LogP) is 2.55. The Morgan fingerprint density at radius 2 is 2.33 bits per heavy atom. The summed E-state index contributed by atoms with van der Waals surface area (Å²) >= 11 is 4.82. The number of hydrogen-bond donors (Lipinski definition) is 0. The smallest absolute Gasteiger partial charge is 0.117 e. The maximum Gasteiger partial charge on any atom is 0.117 e. The Balaban J connectivity index is 3.15. The van der Waals surface area contributed by atoms with Crippen molar-refractivity contribution in [2.45, 2.75) is 6.92 Å². The highest BCUT2D eigenvalue weighted by Crippen LogP contribution is 2.11. The van der Waals surface area contributed by atoms with Crippen LogP contribution in [0.3, 0.4) is 0 Å². The normalized spacial score (nSPS) is 13.0. The van der Waals surface area contributed by atoms with E-state index in [1.807, 2.05) is 31.2 Å². The number of aliphatic imine (C=N–C) groups is 1. The van der Waals surface area contributed by atoms with E-state index in [0.717, 1.165) is 16.8 Å². The largest absolute Gasteiger partial charge is 0.291 e. The summed E-state index contributed by atoms with van der Waals surface area (Å²) in [5, 5.41) is 10.4. The number of nitrogens with zero attached hydrogens (tertiary/aromatic N) is 2. The molecular weight excluding hydrogens is 204 g/mol. The van der Waals surface area contributed by atoms with E-state index in [1.54, 1.807) is 7.05 Å². The van der Waals surface area contributed by atoms with Crippen LogP contribution in [0.1, 0.15) is 11.1 Å². The number of thiocarbonyl (C=S) groups is 1. The van der Waals surface area contributed by atoms with Gasteiger partial charge in [0.2, 0.25) is 0 Å². The summed E-state index contributed by atoms with van der Waals surface area (Å²) < 4.78 is 0. The number of nitriles is 1. The monoisotopic (exact) mass is 216 g/mol. The Bertz CT molecular complexity index is 429. The van der Waals surface area contributed by atoms with Crippen molar-refractivity contribution in [2.75, 3.05) is 7.05 Å². The molecule has 0 heterocycles. The maximum atomic E-state index is 8.93. The maximum absolute atomic E-state index is 8.93. The molecule has 76 valence electrons. The highest BCUT2D eigenvalue weighted by Gasteiger charge is 2.13. The minimum absolute atomic E-state index is 0.410. The molecule has 15 heavy (non-hydrogen) atoms. The fourth-order valence-electron chi connectivity index (χ4n) is 1.41. The molecule has 0 fully saturated rings. The van der Waals surface area contributed by atoms with Gasteiger partial charge in [0.1, 0.15) is 5.92 Å². The number of rotatable bonds is 3. The third kappa shape index (κ3) is 2.71. The van der Waals surface area contributed by atoms with E-state index < -0.39 is 5.92 Å². The lowest BCUT2D eigenvalue weighted by Gasteiger charge is -2.08. The van der Waals surface area contributed by atoms with Gasteiger partial charge in [0, 0.05) is 12.4 Å². The van der Waals surface area contributed by atoms with Crippen LogP contribution >= 0.6 is 12.2 Å². The van der Waals surface area contributed by atoms with Crippen LogP contribution in [-0.4, -0.2) is 18.1 Å². The van der Waals surface area contributed by atoms with Crippen molar-refractivity contribution < 1.29 is 0 Å². The van der Waals surface area contributed by atoms with Gasteiger partial charge in [-0.3, -0.25) is 4.99 Å². The SMILES string of the molecule is CN=C(c1cccc(C)c1)C(C#N)C=S.